The fourth-order valence-electron chi connectivity index (χ4n) is 2.91. The predicted molar refractivity (Wildman–Crippen MR) is 75.8 cm³/mol. The van der Waals surface area contributed by atoms with Gasteiger partial charge in [-0.2, -0.15) is 0 Å². The van der Waals surface area contributed by atoms with Crippen molar-refractivity contribution in [1.82, 2.24) is 4.90 Å². The number of amides is 1. The summed E-state index contributed by atoms with van der Waals surface area (Å²) >= 11 is 0. The third-order valence-corrected chi connectivity index (χ3v) is 3.97. The number of hydrogen-bond acceptors (Lipinski definition) is 4. The number of ether oxygens (including phenoxy) is 1. The summed E-state index contributed by atoms with van der Waals surface area (Å²) in [7, 11) is 0. The number of aliphatic hydroxyl groups is 1. The van der Waals surface area contributed by atoms with Gasteiger partial charge in [0, 0.05) is 25.3 Å². The van der Waals surface area contributed by atoms with Crippen molar-refractivity contribution in [2.24, 2.45) is 0 Å². The minimum Gasteiger partial charge on any atom is -0.394 e. The third kappa shape index (κ3) is 2.70. The minimum atomic E-state index is -0.164. The second kappa shape index (κ2) is 5.91. The molecule has 5 heteroatoms. The van der Waals surface area contributed by atoms with Gasteiger partial charge in [0.2, 0.25) is 5.91 Å². The number of carbonyl (C=O) groups is 1. The number of fused-ring (bicyclic) bond motifs is 1. The van der Waals surface area contributed by atoms with Crippen LogP contribution in [-0.2, 0) is 16.0 Å². The normalized spacial score (nSPS) is 22.9. The smallest absolute Gasteiger partial charge is 0.241 e. The summed E-state index contributed by atoms with van der Waals surface area (Å²) in [5.74, 6) is 0.133. The number of morpholine rings is 1. The summed E-state index contributed by atoms with van der Waals surface area (Å²) in [4.78, 5) is 16.4. The molecule has 1 fully saturated rings. The zero-order valence-corrected chi connectivity index (χ0v) is 11.5. The second-order valence-electron chi connectivity index (χ2n) is 5.33. The molecule has 2 heterocycles. The first-order valence-corrected chi connectivity index (χ1v) is 7.11. The molecule has 2 aliphatic rings. The summed E-state index contributed by atoms with van der Waals surface area (Å²) < 4.78 is 5.40. The molecule has 0 aromatic heterocycles. The topological polar surface area (TPSA) is 53.0 Å². The lowest BCUT2D eigenvalue weighted by atomic mass is 10.2. The lowest BCUT2D eigenvalue weighted by Crippen LogP contribution is -2.48. The van der Waals surface area contributed by atoms with Gasteiger partial charge in [0.25, 0.3) is 0 Å². The molecule has 1 amide bonds. The molecule has 1 aromatic carbocycles. The largest absolute Gasteiger partial charge is 0.394 e. The molecular formula is C15H20N2O3. The highest BCUT2D eigenvalue weighted by molar-refractivity contribution is 5.96. The van der Waals surface area contributed by atoms with Gasteiger partial charge in [0.1, 0.15) is 0 Å². The minimum absolute atomic E-state index is 0.0111. The molecule has 5 nitrogen and oxygen atoms in total. The molecular weight excluding hydrogens is 256 g/mol. The summed E-state index contributed by atoms with van der Waals surface area (Å²) in [6.45, 7) is 3.13. The van der Waals surface area contributed by atoms with E-state index in [2.05, 4.69) is 11.0 Å². The number of anilines is 1. The number of benzene rings is 1. The van der Waals surface area contributed by atoms with Crippen LogP contribution in [0.3, 0.4) is 0 Å². The van der Waals surface area contributed by atoms with Crippen LogP contribution in [0.1, 0.15) is 5.56 Å². The first-order chi connectivity index (χ1) is 9.78. The van der Waals surface area contributed by atoms with Gasteiger partial charge in [-0.3, -0.25) is 9.69 Å². The molecule has 0 aliphatic carbocycles. The molecule has 0 radical (unpaired) electrons. The van der Waals surface area contributed by atoms with E-state index < -0.39 is 0 Å². The summed E-state index contributed by atoms with van der Waals surface area (Å²) in [5.41, 5.74) is 2.29. The monoisotopic (exact) mass is 276 g/mol. The Bertz CT molecular complexity index is 492. The fraction of sp³-hybridized carbons (Fsp3) is 0.533. The van der Waals surface area contributed by atoms with E-state index in [0.29, 0.717) is 19.7 Å². The van der Waals surface area contributed by atoms with Crippen LogP contribution in [-0.4, -0.2) is 61.4 Å². The Labute approximate surface area is 118 Å². The Morgan fingerprint density at radius 2 is 2.20 bits per heavy atom. The van der Waals surface area contributed by atoms with Crippen LogP contribution in [0.15, 0.2) is 24.3 Å². The maximum absolute atomic E-state index is 12.5. The second-order valence-corrected chi connectivity index (χ2v) is 5.33. The number of aliphatic hydroxyl groups excluding tert-OH is 1. The standard InChI is InChI=1S/C15H20N2O3/c18-11-13-9-16(7-8-20-13)10-15(19)17-6-5-12-3-1-2-4-14(12)17/h1-4,13,18H,5-11H2/t13-/m0/s1. The van der Waals surface area contributed by atoms with Crippen molar-refractivity contribution < 1.29 is 14.6 Å². The summed E-state index contributed by atoms with van der Waals surface area (Å²) in [6.07, 6.45) is 0.770. The first-order valence-electron chi connectivity index (χ1n) is 7.11. The Morgan fingerprint density at radius 1 is 1.35 bits per heavy atom. The van der Waals surface area contributed by atoms with Gasteiger partial charge >= 0.3 is 0 Å². The Morgan fingerprint density at radius 3 is 3.05 bits per heavy atom. The first kappa shape index (κ1) is 13.5. The highest BCUT2D eigenvalue weighted by atomic mass is 16.5. The molecule has 0 spiro atoms. The zero-order valence-electron chi connectivity index (χ0n) is 11.5. The van der Waals surface area contributed by atoms with Crippen LogP contribution in [0.25, 0.3) is 0 Å². The third-order valence-electron chi connectivity index (χ3n) is 3.97. The molecule has 108 valence electrons. The van der Waals surface area contributed by atoms with Crippen molar-refractivity contribution in [1.29, 1.82) is 0 Å². The van der Waals surface area contributed by atoms with Crippen LogP contribution >= 0.6 is 0 Å². The molecule has 20 heavy (non-hydrogen) atoms. The molecule has 0 bridgehead atoms. The van der Waals surface area contributed by atoms with Gasteiger partial charge in [0.05, 0.1) is 25.9 Å². The summed E-state index contributed by atoms with van der Waals surface area (Å²) in [5, 5.41) is 9.14. The van der Waals surface area contributed by atoms with Crippen molar-refractivity contribution >= 4 is 11.6 Å². The quantitative estimate of drug-likeness (QED) is 0.861. The molecule has 3 rings (SSSR count). The van der Waals surface area contributed by atoms with Gasteiger partial charge < -0.3 is 14.7 Å². The molecule has 1 saturated heterocycles. The Hall–Kier alpha value is -1.43. The number of carbonyl (C=O) groups excluding carboxylic acids is 1. The number of para-hydroxylation sites is 1. The molecule has 1 N–H and O–H groups in total. The van der Waals surface area contributed by atoms with E-state index in [0.717, 1.165) is 25.2 Å². The number of hydrogen-bond donors (Lipinski definition) is 1. The van der Waals surface area contributed by atoms with Crippen molar-refractivity contribution in [2.75, 3.05) is 44.3 Å². The lowest BCUT2D eigenvalue weighted by Gasteiger charge is -2.32. The van der Waals surface area contributed by atoms with Crippen LogP contribution in [0.2, 0.25) is 0 Å². The average Bonchev–Trinajstić information content (AvgIpc) is 2.91. The van der Waals surface area contributed by atoms with Crippen molar-refractivity contribution in [3.8, 4) is 0 Å². The highest BCUT2D eigenvalue weighted by Gasteiger charge is 2.27. The van der Waals surface area contributed by atoms with Gasteiger partial charge in [-0.15, -0.1) is 0 Å². The van der Waals surface area contributed by atoms with E-state index >= 15 is 0 Å². The molecule has 2 aliphatic heterocycles. The molecule has 0 unspecified atom stereocenters. The van der Waals surface area contributed by atoms with Crippen LogP contribution in [0, 0.1) is 0 Å². The van der Waals surface area contributed by atoms with Crippen LogP contribution in [0.5, 0.6) is 0 Å². The van der Waals surface area contributed by atoms with Crippen LogP contribution in [0.4, 0.5) is 5.69 Å². The maximum atomic E-state index is 12.5. The summed E-state index contributed by atoms with van der Waals surface area (Å²) in [6, 6.07) is 8.08. The lowest BCUT2D eigenvalue weighted by molar-refractivity contribution is -0.122. The van der Waals surface area contributed by atoms with Gasteiger partial charge in [0.15, 0.2) is 0 Å². The van der Waals surface area contributed by atoms with Gasteiger partial charge in [-0.1, -0.05) is 18.2 Å². The zero-order chi connectivity index (χ0) is 13.9. The van der Waals surface area contributed by atoms with Gasteiger partial charge in [-0.25, -0.2) is 0 Å². The number of nitrogens with zero attached hydrogens (tertiary/aromatic N) is 2. The van der Waals surface area contributed by atoms with E-state index in [9.17, 15) is 4.79 Å². The number of rotatable bonds is 3. The average molecular weight is 276 g/mol. The molecule has 0 saturated carbocycles. The van der Waals surface area contributed by atoms with Crippen molar-refractivity contribution in [3.63, 3.8) is 0 Å². The Kier molecular flexibility index (Phi) is 4.00. The molecule has 1 atom stereocenters. The van der Waals surface area contributed by atoms with E-state index in [1.165, 1.54) is 5.56 Å². The Balaban J connectivity index is 1.63. The van der Waals surface area contributed by atoms with E-state index in [4.69, 9.17) is 9.84 Å². The SMILES string of the molecule is O=C(CN1CCO[C@H](CO)C1)N1CCc2ccccc21. The highest BCUT2D eigenvalue weighted by Crippen LogP contribution is 2.27. The van der Waals surface area contributed by atoms with E-state index in [1.807, 2.05) is 23.1 Å². The van der Waals surface area contributed by atoms with Crippen molar-refractivity contribution in [2.45, 2.75) is 12.5 Å². The fourth-order valence-corrected chi connectivity index (χ4v) is 2.91. The van der Waals surface area contributed by atoms with E-state index in [1.54, 1.807) is 0 Å². The van der Waals surface area contributed by atoms with Crippen LogP contribution < -0.4 is 4.90 Å². The maximum Gasteiger partial charge on any atom is 0.241 e. The van der Waals surface area contributed by atoms with Gasteiger partial charge in [-0.05, 0) is 18.1 Å². The van der Waals surface area contributed by atoms with E-state index in [-0.39, 0.29) is 18.6 Å². The van der Waals surface area contributed by atoms with Crippen molar-refractivity contribution in [3.05, 3.63) is 29.8 Å². The predicted octanol–water partition coefficient (Wildman–Crippen LogP) is 0.269. The molecule has 1 aromatic rings.